The van der Waals surface area contributed by atoms with Gasteiger partial charge in [0.15, 0.2) is 6.54 Å². The summed E-state index contributed by atoms with van der Waals surface area (Å²) in [6.07, 6.45) is 5.59. The van der Waals surface area contributed by atoms with E-state index in [2.05, 4.69) is 50.9 Å². The Morgan fingerprint density at radius 3 is 2.57 bits per heavy atom. The molecular formula is C27H38N5O3+. The molecule has 0 saturated heterocycles. The summed E-state index contributed by atoms with van der Waals surface area (Å²) in [4.78, 5) is 13.4. The molecule has 4 rings (SSSR count). The predicted molar refractivity (Wildman–Crippen MR) is 135 cm³/mol. The fourth-order valence-electron chi connectivity index (χ4n) is 4.16. The second kappa shape index (κ2) is 10.2. The number of hydrogen-bond acceptors (Lipinski definition) is 6. The quantitative estimate of drug-likeness (QED) is 0.338. The highest BCUT2D eigenvalue weighted by Crippen LogP contribution is 2.31. The predicted octanol–water partition coefficient (Wildman–Crippen LogP) is 4.53. The number of nitrogens with two attached hydrogens (primary N) is 1. The molecule has 8 nitrogen and oxygen atoms in total. The molecule has 0 spiro atoms. The van der Waals surface area contributed by atoms with Gasteiger partial charge in [0.05, 0.1) is 6.61 Å². The van der Waals surface area contributed by atoms with Crippen LogP contribution in [0.5, 0.6) is 11.6 Å². The van der Waals surface area contributed by atoms with Gasteiger partial charge >= 0.3 is 11.6 Å². The fourth-order valence-corrected chi connectivity index (χ4v) is 4.16. The van der Waals surface area contributed by atoms with Gasteiger partial charge in [0.1, 0.15) is 11.9 Å². The number of anilines is 1. The molecule has 2 heterocycles. The van der Waals surface area contributed by atoms with Gasteiger partial charge in [-0.15, -0.1) is 4.68 Å². The van der Waals surface area contributed by atoms with Gasteiger partial charge < -0.3 is 15.2 Å². The molecule has 0 unspecified atom stereocenters. The average molecular weight is 481 g/mol. The Hall–Kier alpha value is -3.16. The van der Waals surface area contributed by atoms with Gasteiger partial charge in [0.25, 0.3) is 5.88 Å². The summed E-state index contributed by atoms with van der Waals surface area (Å²) in [5.74, 6) is 1.99. The normalized spacial score (nSPS) is 14.3. The van der Waals surface area contributed by atoms with E-state index in [4.69, 9.17) is 15.2 Å². The summed E-state index contributed by atoms with van der Waals surface area (Å²) in [7, 11) is 0. The highest BCUT2D eigenvalue weighted by atomic mass is 16.5. The Morgan fingerprint density at radius 2 is 1.94 bits per heavy atom. The first kappa shape index (κ1) is 24.9. The second-order valence-corrected chi connectivity index (χ2v) is 10.5. The lowest BCUT2D eigenvalue weighted by molar-refractivity contribution is -0.714. The zero-order valence-electron chi connectivity index (χ0n) is 21.6. The summed E-state index contributed by atoms with van der Waals surface area (Å²) in [5, 5.41) is 8.86. The number of aromatic nitrogens is 4. The van der Waals surface area contributed by atoms with Crippen LogP contribution < -0.4 is 19.9 Å². The summed E-state index contributed by atoms with van der Waals surface area (Å²) >= 11 is 0. The summed E-state index contributed by atoms with van der Waals surface area (Å²) in [6, 6.07) is 9.49. The molecule has 0 radical (unpaired) electrons. The molecular weight excluding hydrogens is 442 g/mol. The number of benzene rings is 1. The third-order valence-electron chi connectivity index (χ3n) is 6.79. The van der Waals surface area contributed by atoms with Crippen molar-refractivity contribution in [1.29, 1.82) is 0 Å². The van der Waals surface area contributed by atoms with Crippen molar-refractivity contribution in [3.8, 4) is 11.6 Å². The van der Waals surface area contributed by atoms with E-state index in [-0.39, 0.29) is 29.8 Å². The molecule has 8 heteroatoms. The Kier molecular flexibility index (Phi) is 7.28. The van der Waals surface area contributed by atoms with Crippen molar-refractivity contribution < 1.29 is 19.0 Å². The molecule has 188 valence electrons. The Labute approximate surface area is 207 Å². The minimum Gasteiger partial charge on any atom is -0.493 e. The maximum Gasteiger partial charge on any atom is 0.355 e. The lowest BCUT2D eigenvalue weighted by Crippen LogP contribution is -2.40. The van der Waals surface area contributed by atoms with Crippen molar-refractivity contribution in [2.75, 3.05) is 12.3 Å². The molecule has 35 heavy (non-hydrogen) atoms. The topological polar surface area (TPSA) is 95.6 Å². The molecule has 0 atom stereocenters. The number of ketones is 1. The molecule has 1 fully saturated rings. The van der Waals surface area contributed by atoms with Gasteiger partial charge in [0.2, 0.25) is 5.78 Å². The van der Waals surface area contributed by atoms with Gasteiger partial charge in [-0.05, 0) is 71.0 Å². The minimum atomic E-state index is -0.112. The van der Waals surface area contributed by atoms with Crippen LogP contribution in [-0.4, -0.2) is 33.2 Å². The van der Waals surface area contributed by atoms with Crippen LogP contribution in [-0.2, 0) is 12.0 Å². The largest absolute Gasteiger partial charge is 0.493 e. The smallest absolute Gasteiger partial charge is 0.355 e. The lowest BCUT2D eigenvalue weighted by atomic mass is 9.85. The number of hydrogen-bond donors (Lipinski definition) is 1. The number of ether oxygens (including phenoxy) is 2. The van der Waals surface area contributed by atoms with Gasteiger partial charge in [0, 0.05) is 17.7 Å². The van der Waals surface area contributed by atoms with Crippen LogP contribution in [0.3, 0.4) is 0 Å². The molecule has 1 saturated carbocycles. The molecule has 0 bridgehead atoms. The molecule has 2 N–H and O–H groups in total. The van der Waals surface area contributed by atoms with Crippen LogP contribution >= 0.6 is 0 Å². The number of nitrogens with zero attached hydrogens (tertiary/aromatic N) is 4. The molecule has 0 amide bonds. The number of fused-ring (bicyclic) bond motifs is 1. The van der Waals surface area contributed by atoms with E-state index < -0.39 is 0 Å². The maximum absolute atomic E-state index is 13.4. The first-order chi connectivity index (χ1) is 16.7. The van der Waals surface area contributed by atoms with E-state index in [9.17, 15) is 4.79 Å². The average Bonchev–Trinajstić information content (AvgIpc) is 3.10. The standard InChI is InChI=1S/C27H38N5O3/c1-6-21(7-2)35-24-11-12-25-31(30-26(28)32(25)29-24)16-23(33)19-13-20(27(3,4)5)15-22(14-19)34-17-18-9-8-10-18/h11-15,18,21H,6-10,16-17H2,1-5H3,(H2,28,30)/q+1. The van der Waals surface area contributed by atoms with Crippen LogP contribution in [0.2, 0.25) is 0 Å². The molecule has 3 aromatic rings. The second-order valence-electron chi connectivity index (χ2n) is 10.5. The maximum atomic E-state index is 13.4. The van der Waals surface area contributed by atoms with E-state index in [1.807, 2.05) is 18.2 Å². The van der Waals surface area contributed by atoms with E-state index in [1.165, 1.54) is 23.8 Å². The van der Waals surface area contributed by atoms with E-state index in [0.29, 0.717) is 29.6 Å². The zero-order chi connectivity index (χ0) is 25.2. The van der Waals surface area contributed by atoms with Crippen molar-refractivity contribution >= 4 is 17.4 Å². The number of carbonyl (C=O) groups is 1. The minimum absolute atomic E-state index is 0.0464. The highest BCUT2D eigenvalue weighted by Gasteiger charge is 2.25. The van der Waals surface area contributed by atoms with Crippen molar-refractivity contribution in [2.24, 2.45) is 5.92 Å². The van der Waals surface area contributed by atoms with Crippen LogP contribution in [0.15, 0.2) is 30.3 Å². The van der Waals surface area contributed by atoms with E-state index in [0.717, 1.165) is 24.2 Å². The molecule has 2 aromatic heterocycles. The van der Waals surface area contributed by atoms with Crippen LogP contribution in [0.1, 0.15) is 82.6 Å². The Morgan fingerprint density at radius 1 is 1.20 bits per heavy atom. The SMILES string of the molecule is CCC(CC)Oc1ccc2n(n1)c(N)n[n+]2CC(=O)c1cc(OCC2CCC2)cc(C(C)(C)C)c1. The van der Waals surface area contributed by atoms with Crippen LogP contribution in [0, 0.1) is 5.92 Å². The first-order valence-corrected chi connectivity index (χ1v) is 12.7. The van der Waals surface area contributed by atoms with Crippen molar-refractivity contribution in [1.82, 2.24) is 14.7 Å². The number of rotatable bonds is 10. The highest BCUT2D eigenvalue weighted by molar-refractivity contribution is 5.95. The molecule has 0 aliphatic heterocycles. The van der Waals surface area contributed by atoms with Gasteiger partial charge in [-0.25, -0.2) is 0 Å². The lowest BCUT2D eigenvalue weighted by Gasteiger charge is -2.26. The van der Waals surface area contributed by atoms with Crippen molar-refractivity contribution in [2.45, 2.75) is 84.8 Å². The van der Waals surface area contributed by atoms with Gasteiger partial charge in [-0.3, -0.25) is 4.79 Å². The van der Waals surface area contributed by atoms with E-state index in [1.54, 1.807) is 10.7 Å². The molecule has 1 aliphatic carbocycles. The third kappa shape index (κ3) is 5.74. The number of nitrogen functional groups attached to an aromatic ring is 1. The van der Waals surface area contributed by atoms with Gasteiger partial charge in [-0.2, -0.15) is 0 Å². The molecule has 1 aliphatic rings. The number of carbonyl (C=O) groups excluding carboxylic acids is 1. The Bertz CT molecular complexity index is 1190. The fraction of sp³-hybridized carbons (Fsp3) is 0.556. The number of Topliss-reactive ketones (excluding diaryl/α,β-unsaturated/α-hetero) is 1. The van der Waals surface area contributed by atoms with Crippen LogP contribution in [0.4, 0.5) is 5.95 Å². The summed E-state index contributed by atoms with van der Waals surface area (Å²) in [6.45, 7) is 11.3. The monoisotopic (exact) mass is 480 g/mol. The van der Waals surface area contributed by atoms with E-state index >= 15 is 0 Å². The first-order valence-electron chi connectivity index (χ1n) is 12.7. The van der Waals surface area contributed by atoms with Crippen molar-refractivity contribution in [3.63, 3.8) is 0 Å². The summed E-state index contributed by atoms with van der Waals surface area (Å²) in [5.41, 5.74) is 8.32. The molecule has 1 aromatic carbocycles. The third-order valence-corrected chi connectivity index (χ3v) is 6.79. The van der Waals surface area contributed by atoms with Crippen LogP contribution in [0.25, 0.3) is 5.65 Å². The van der Waals surface area contributed by atoms with Crippen molar-refractivity contribution in [3.05, 3.63) is 41.5 Å². The zero-order valence-corrected chi connectivity index (χ0v) is 21.6. The van der Waals surface area contributed by atoms with Gasteiger partial charge in [-0.1, -0.05) is 45.6 Å². The summed E-state index contributed by atoms with van der Waals surface area (Å²) < 4.78 is 15.1. The Balaban J connectivity index is 1.58.